The summed E-state index contributed by atoms with van der Waals surface area (Å²) < 4.78 is 11.4. The standard InChI is InChI=1S/C29H33N4O2/c1-34-23-7-9-24(10-8-23)35-19-20-4-3-15-33(18-20)22-6-2-5-21(16-22)25-11-13-30-27-17-32-29-26(28(25)27)12-14-31-29/h6-14,17,20-22H,2-5,15-16,18-19H2,1H3,(H,31,32). The molecule has 1 saturated carbocycles. The summed E-state index contributed by atoms with van der Waals surface area (Å²) in [4.78, 5) is 15.1. The molecule has 35 heavy (non-hydrogen) atoms. The lowest BCUT2D eigenvalue weighted by atomic mass is 9.79. The molecule has 181 valence electrons. The van der Waals surface area contributed by atoms with Gasteiger partial charge in [0.1, 0.15) is 17.1 Å². The second-order valence-corrected chi connectivity index (χ2v) is 9.96. The molecule has 3 aromatic heterocycles. The normalized spacial score (nSPS) is 23.5. The minimum Gasteiger partial charge on any atom is -0.497 e. The first-order valence-electron chi connectivity index (χ1n) is 12.8. The Balaban J connectivity index is 1.15. The number of aromatic amines is 1. The molecular formula is C29H33N4O2. The van der Waals surface area contributed by atoms with Gasteiger partial charge in [-0.1, -0.05) is 0 Å². The van der Waals surface area contributed by atoms with Crippen molar-refractivity contribution in [2.75, 3.05) is 26.8 Å². The molecule has 3 unspecified atom stereocenters. The fourth-order valence-corrected chi connectivity index (χ4v) is 6.02. The van der Waals surface area contributed by atoms with Crippen LogP contribution in [0.1, 0.15) is 43.6 Å². The summed E-state index contributed by atoms with van der Waals surface area (Å²) in [7, 11) is 1.69. The summed E-state index contributed by atoms with van der Waals surface area (Å²) in [6.45, 7) is 3.05. The van der Waals surface area contributed by atoms with E-state index < -0.39 is 0 Å². The van der Waals surface area contributed by atoms with E-state index in [1.54, 1.807) is 7.11 Å². The van der Waals surface area contributed by atoms with Crippen molar-refractivity contribution in [3.05, 3.63) is 67.0 Å². The van der Waals surface area contributed by atoms with Crippen LogP contribution in [0.15, 0.2) is 55.0 Å². The monoisotopic (exact) mass is 469 g/mol. The van der Waals surface area contributed by atoms with E-state index in [1.807, 2.05) is 42.9 Å². The molecule has 1 radical (unpaired) electrons. The van der Waals surface area contributed by atoms with E-state index in [2.05, 4.69) is 38.4 Å². The van der Waals surface area contributed by atoms with E-state index in [9.17, 15) is 0 Å². The maximum atomic E-state index is 6.14. The summed E-state index contributed by atoms with van der Waals surface area (Å²) >= 11 is 0. The van der Waals surface area contributed by atoms with Crippen LogP contribution in [-0.4, -0.2) is 52.7 Å². The number of pyridine rings is 2. The van der Waals surface area contributed by atoms with Crippen molar-refractivity contribution in [3.8, 4) is 11.5 Å². The van der Waals surface area contributed by atoms with Gasteiger partial charge in [-0.25, -0.2) is 4.98 Å². The molecule has 6 rings (SSSR count). The Hall–Kier alpha value is -3.12. The highest BCUT2D eigenvalue weighted by molar-refractivity contribution is 6.05. The number of H-pyrrole nitrogens is 1. The zero-order chi connectivity index (χ0) is 23.6. The number of likely N-dealkylation sites (tertiary alicyclic amines) is 1. The number of benzene rings is 1. The zero-order valence-corrected chi connectivity index (χ0v) is 20.3. The smallest absolute Gasteiger partial charge is 0.137 e. The fourth-order valence-electron chi connectivity index (χ4n) is 6.02. The largest absolute Gasteiger partial charge is 0.497 e. The zero-order valence-electron chi connectivity index (χ0n) is 20.3. The lowest BCUT2D eigenvalue weighted by Gasteiger charge is -2.42. The molecule has 0 spiro atoms. The third-order valence-corrected chi connectivity index (χ3v) is 7.81. The first kappa shape index (κ1) is 22.4. The molecule has 1 aromatic carbocycles. The number of hydrogen-bond acceptors (Lipinski definition) is 5. The van der Waals surface area contributed by atoms with Crippen LogP contribution < -0.4 is 9.47 Å². The summed E-state index contributed by atoms with van der Waals surface area (Å²) in [6.07, 6.45) is 14.4. The van der Waals surface area contributed by atoms with Crippen LogP contribution >= 0.6 is 0 Å². The van der Waals surface area contributed by atoms with Gasteiger partial charge in [0, 0.05) is 41.7 Å². The highest BCUT2D eigenvalue weighted by Gasteiger charge is 2.32. The van der Waals surface area contributed by atoms with Gasteiger partial charge in [-0.05, 0) is 92.9 Å². The van der Waals surface area contributed by atoms with Crippen molar-refractivity contribution >= 4 is 21.9 Å². The van der Waals surface area contributed by atoms with Gasteiger partial charge in [0.15, 0.2) is 0 Å². The van der Waals surface area contributed by atoms with E-state index in [1.165, 1.54) is 48.6 Å². The van der Waals surface area contributed by atoms with E-state index in [4.69, 9.17) is 9.47 Å². The molecule has 0 amide bonds. The van der Waals surface area contributed by atoms with Crippen LogP contribution in [0, 0.1) is 12.3 Å². The van der Waals surface area contributed by atoms with Gasteiger partial charge >= 0.3 is 0 Å². The molecule has 4 heterocycles. The minimum absolute atomic E-state index is 0.518. The van der Waals surface area contributed by atoms with Gasteiger partial charge in [0.25, 0.3) is 0 Å². The van der Waals surface area contributed by atoms with Crippen molar-refractivity contribution in [2.24, 2.45) is 5.92 Å². The average molecular weight is 470 g/mol. The number of hydrogen-bond donors (Lipinski definition) is 1. The third kappa shape index (κ3) is 4.59. The average Bonchev–Trinajstić information content (AvgIpc) is 3.41. The number of piperidine rings is 1. The Morgan fingerprint density at radius 2 is 1.94 bits per heavy atom. The van der Waals surface area contributed by atoms with Gasteiger partial charge in [-0.3, -0.25) is 9.88 Å². The second kappa shape index (κ2) is 9.86. The molecule has 1 saturated heterocycles. The maximum Gasteiger partial charge on any atom is 0.137 e. The number of nitrogens with one attached hydrogen (secondary N) is 1. The molecule has 6 heteroatoms. The molecule has 4 aromatic rings. The summed E-state index contributed by atoms with van der Waals surface area (Å²) in [5.74, 6) is 2.88. The molecular weight excluding hydrogens is 436 g/mol. The van der Waals surface area contributed by atoms with Crippen LogP contribution in [0.5, 0.6) is 11.5 Å². The molecule has 0 bridgehead atoms. The second-order valence-electron chi connectivity index (χ2n) is 9.96. The summed E-state index contributed by atoms with van der Waals surface area (Å²) in [5.41, 5.74) is 3.37. The fraction of sp³-hybridized carbons (Fsp3) is 0.414. The Bertz CT molecular complexity index is 1290. The van der Waals surface area contributed by atoms with Gasteiger partial charge in [0.2, 0.25) is 0 Å². The molecule has 2 fully saturated rings. The molecule has 2 aliphatic rings. The van der Waals surface area contributed by atoms with Crippen LogP contribution in [0.4, 0.5) is 0 Å². The Morgan fingerprint density at radius 3 is 2.83 bits per heavy atom. The van der Waals surface area contributed by atoms with Crippen molar-refractivity contribution in [2.45, 2.75) is 44.1 Å². The molecule has 1 aliphatic carbocycles. The number of aromatic nitrogens is 3. The predicted molar refractivity (Wildman–Crippen MR) is 139 cm³/mol. The van der Waals surface area contributed by atoms with Crippen molar-refractivity contribution in [1.82, 2.24) is 19.9 Å². The van der Waals surface area contributed by atoms with Gasteiger partial charge in [-0.15, -0.1) is 0 Å². The minimum atomic E-state index is 0.518. The summed E-state index contributed by atoms with van der Waals surface area (Å²) in [6, 6.07) is 12.8. The van der Waals surface area contributed by atoms with Gasteiger partial charge in [0.05, 0.1) is 25.4 Å². The van der Waals surface area contributed by atoms with E-state index in [0.29, 0.717) is 17.9 Å². The number of fused-ring (bicyclic) bond motifs is 3. The number of nitrogens with zero attached hydrogens (tertiary/aromatic N) is 3. The van der Waals surface area contributed by atoms with Crippen molar-refractivity contribution in [1.29, 1.82) is 0 Å². The van der Waals surface area contributed by atoms with Crippen molar-refractivity contribution in [3.63, 3.8) is 0 Å². The summed E-state index contributed by atoms with van der Waals surface area (Å²) in [5, 5.41) is 2.46. The third-order valence-electron chi connectivity index (χ3n) is 7.81. The lowest BCUT2D eigenvalue weighted by Crippen LogP contribution is -2.46. The van der Waals surface area contributed by atoms with Crippen LogP contribution in [0.2, 0.25) is 0 Å². The number of rotatable bonds is 6. The predicted octanol–water partition coefficient (Wildman–Crippen LogP) is 5.75. The molecule has 3 atom stereocenters. The van der Waals surface area contributed by atoms with Crippen LogP contribution in [0.3, 0.4) is 0 Å². The van der Waals surface area contributed by atoms with Gasteiger partial charge < -0.3 is 14.5 Å². The Labute approximate surface area is 206 Å². The lowest BCUT2D eigenvalue weighted by molar-refractivity contribution is 0.0919. The SMILES string of the molecule is COc1ccc(OCC2CCCN(C3[CH]CCC(c4ccnc5cnc6[nH]ccc6c45)C3)C2)cc1. The highest BCUT2D eigenvalue weighted by Crippen LogP contribution is 2.40. The Kier molecular flexibility index (Phi) is 6.30. The molecule has 1 aliphatic heterocycles. The van der Waals surface area contributed by atoms with E-state index in [0.717, 1.165) is 42.2 Å². The first-order valence-corrected chi connectivity index (χ1v) is 12.8. The van der Waals surface area contributed by atoms with E-state index in [-0.39, 0.29) is 0 Å². The van der Waals surface area contributed by atoms with Crippen LogP contribution in [-0.2, 0) is 0 Å². The van der Waals surface area contributed by atoms with E-state index >= 15 is 0 Å². The quantitative estimate of drug-likeness (QED) is 0.389. The Morgan fingerprint density at radius 1 is 1.06 bits per heavy atom. The van der Waals surface area contributed by atoms with Crippen LogP contribution in [0.25, 0.3) is 21.9 Å². The maximum absolute atomic E-state index is 6.14. The molecule has 6 nitrogen and oxygen atoms in total. The molecule has 1 N–H and O–H groups in total. The highest BCUT2D eigenvalue weighted by atomic mass is 16.5. The number of methoxy groups -OCH3 is 1. The van der Waals surface area contributed by atoms with Gasteiger partial charge in [-0.2, -0.15) is 0 Å². The number of ether oxygens (including phenoxy) is 2. The first-order chi connectivity index (χ1) is 17.3. The van der Waals surface area contributed by atoms with Crippen molar-refractivity contribution < 1.29 is 9.47 Å². The topological polar surface area (TPSA) is 63.3 Å².